The van der Waals surface area contributed by atoms with Crippen molar-refractivity contribution < 1.29 is 31.4 Å². The number of benzene rings is 1. The molecule has 0 aromatic heterocycles. The third-order valence-electron chi connectivity index (χ3n) is 2.40. The van der Waals surface area contributed by atoms with Gasteiger partial charge in [0.05, 0.1) is 28.1 Å². The lowest BCUT2D eigenvalue weighted by Gasteiger charge is -2.18. The highest BCUT2D eigenvalue weighted by atomic mass is 35.5. The van der Waals surface area contributed by atoms with E-state index in [9.17, 15) is 26.3 Å². The zero-order valence-corrected chi connectivity index (χ0v) is 11.6. The molecule has 0 fully saturated rings. The molecule has 1 aromatic rings. The predicted octanol–water partition coefficient (Wildman–Crippen LogP) is 4.39. The summed E-state index contributed by atoms with van der Waals surface area (Å²) in [5, 5.41) is 10.0. The van der Waals surface area contributed by atoms with E-state index in [0.717, 1.165) is 0 Å². The van der Waals surface area contributed by atoms with Crippen LogP contribution in [-0.2, 0) is 12.4 Å². The van der Waals surface area contributed by atoms with Crippen LogP contribution in [0.15, 0.2) is 12.1 Å². The monoisotopic (exact) mass is 355 g/mol. The molecule has 10 heteroatoms. The van der Waals surface area contributed by atoms with Crippen LogP contribution in [0.3, 0.4) is 0 Å². The second kappa shape index (κ2) is 6.50. The van der Waals surface area contributed by atoms with E-state index in [-0.39, 0.29) is 12.4 Å². The molecule has 2 N–H and O–H groups in total. The SMILES string of the molecule is OC(CCl)CNc1cc(C(F)(F)F)c(Cl)c(C(F)(F)F)c1. The van der Waals surface area contributed by atoms with Crippen molar-refractivity contribution in [3.63, 3.8) is 0 Å². The molecule has 120 valence electrons. The van der Waals surface area contributed by atoms with Crippen LogP contribution in [0.2, 0.25) is 5.02 Å². The summed E-state index contributed by atoms with van der Waals surface area (Å²) in [6.07, 6.45) is -11.2. The Hall–Kier alpha value is -0.860. The van der Waals surface area contributed by atoms with Crippen molar-refractivity contribution in [3.8, 4) is 0 Å². The number of aliphatic hydroxyl groups excluding tert-OH is 1. The van der Waals surface area contributed by atoms with Gasteiger partial charge in [-0.3, -0.25) is 0 Å². The van der Waals surface area contributed by atoms with Gasteiger partial charge in [-0.2, -0.15) is 26.3 Å². The van der Waals surface area contributed by atoms with Gasteiger partial charge in [-0.15, -0.1) is 11.6 Å². The fraction of sp³-hybridized carbons (Fsp3) is 0.455. The highest BCUT2D eigenvalue weighted by Crippen LogP contribution is 2.43. The first-order valence-electron chi connectivity index (χ1n) is 5.42. The first-order valence-corrected chi connectivity index (χ1v) is 6.34. The quantitative estimate of drug-likeness (QED) is 0.620. The summed E-state index contributed by atoms with van der Waals surface area (Å²) in [6.45, 7) is -0.306. The average Bonchev–Trinajstić information content (AvgIpc) is 2.34. The Morgan fingerprint density at radius 1 is 1.05 bits per heavy atom. The van der Waals surface area contributed by atoms with Gasteiger partial charge in [-0.1, -0.05) is 11.6 Å². The number of hydrogen-bond donors (Lipinski definition) is 2. The predicted molar refractivity (Wildman–Crippen MR) is 66.7 cm³/mol. The van der Waals surface area contributed by atoms with Crippen LogP contribution in [0.1, 0.15) is 11.1 Å². The first-order chi connectivity index (χ1) is 9.46. The van der Waals surface area contributed by atoms with Crippen molar-refractivity contribution >= 4 is 28.9 Å². The van der Waals surface area contributed by atoms with Crippen LogP contribution in [-0.4, -0.2) is 23.6 Å². The zero-order chi connectivity index (χ0) is 16.4. The number of alkyl halides is 7. The molecule has 0 amide bonds. The van der Waals surface area contributed by atoms with Crippen LogP contribution in [0, 0.1) is 0 Å². The molecule has 0 saturated carbocycles. The highest BCUT2D eigenvalue weighted by Gasteiger charge is 2.41. The maximum Gasteiger partial charge on any atom is 0.417 e. The summed E-state index contributed by atoms with van der Waals surface area (Å²) in [7, 11) is 0. The Labute approximate surface area is 125 Å². The zero-order valence-electron chi connectivity index (χ0n) is 10.1. The van der Waals surface area contributed by atoms with Crippen LogP contribution in [0.4, 0.5) is 32.0 Å². The Morgan fingerprint density at radius 2 is 1.48 bits per heavy atom. The number of nitrogens with one attached hydrogen (secondary N) is 1. The van der Waals surface area contributed by atoms with E-state index >= 15 is 0 Å². The minimum absolute atomic E-state index is 0.223. The largest absolute Gasteiger partial charge is 0.417 e. The Morgan fingerprint density at radius 3 is 1.81 bits per heavy atom. The summed E-state index contributed by atoms with van der Waals surface area (Å²) < 4.78 is 76.3. The van der Waals surface area contributed by atoms with Crippen molar-refractivity contribution in [1.82, 2.24) is 0 Å². The molecule has 0 aliphatic rings. The second-order valence-corrected chi connectivity index (χ2v) is 4.76. The summed E-state index contributed by atoms with van der Waals surface area (Å²) in [4.78, 5) is 0. The number of hydrogen-bond acceptors (Lipinski definition) is 2. The molecule has 2 nitrogen and oxygen atoms in total. The normalized spacial score (nSPS) is 14.1. The number of anilines is 1. The van der Waals surface area contributed by atoms with Crippen molar-refractivity contribution in [2.45, 2.75) is 18.5 Å². The van der Waals surface area contributed by atoms with Gasteiger partial charge in [0.2, 0.25) is 0 Å². The summed E-state index contributed by atoms with van der Waals surface area (Å²) in [5.41, 5.74) is -3.69. The minimum Gasteiger partial charge on any atom is -0.390 e. The van der Waals surface area contributed by atoms with Crippen LogP contribution in [0.25, 0.3) is 0 Å². The standard InChI is InChI=1S/C11H9Cl2F6NO/c12-3-6(21)4-20-5-1-7(10(14,15)16)9(13)8(2-5)11(17,18)19/h1-2,6,20-21H,3-4H2. The van der Waals surface area contributed by atoms with E-state index in [0.29, 0.717) is 12.1 Å². The fourth-order valence-corrected chi connectivity index (χ4v) is 1.86. The Kier molecular flexibility index (Phi) is 5.63. The molecule has 0 aliphatic heterocycles. The molecule has 1 rings (SSSR count). The van der Waals surface area contributed by atoms with E-state index in [2.05, 4.69) is 5.32 Å². The lowest BCUT2D eigenvalue weighted by atomic mass is 10.1. The highest BCUT2D eigenvalue weighted by molar-refractivity contribution is 6.32. The summed E-state index contributed by atoms with van der Waals surface area (Å²) in [5.74, 6) is -0.223. The molecule has 0 heterocycles. The first kappa shape index (κ1) is 18.2. The summed E-state index contributed by atoms with van der Waals surface area (Å²) in [6, 6.07) is 0.886. The van der Waals surface area contributed by atoms with Crippen molar-refractivity contribution in [1.29, 1.82) is 0 Å². The van der Waals surface area contributed by atoms with Crippen LogP contribution in [0.5, 0.6) is 0 Å². The van der Waals surface area contributed by atoms with E-state index in [1.54, 1.807) is 0 Å². The van der Waals surface area contributed by atoms with Gasteiger partial charge in [0.1, 0.15) is 0 Å². The van der Waals surface area contributed by atoms with E-state index in [4.69, 9.17) is 28.3 Å². The van der Waals surface area contributed by atoms with E-state index in [1.165, 1.54) is 0 Å². The molecule has 0 radical (unpaired) electrons. The molecule has 1 atom stereocenters. The maximum absolute atomic E-state index is 12.7. The number of aliphatic hydroxyl groups is 1. The third kappa shape index (κ3) is 4.82. The molecule has 1 aromatic carbocycles. The molecule has 21 heavy (non-hydrogen) atoms. The van der Waals surface area contributed by atoms with Gasteiger partial charge in [0, 0.05) is 12.2 Å². The second-order valence-electron chi connectivity index (χ2n) is 4.07. The van der Waals surface area contributed by atoms with Gasteiger partial charge in [0.15, 0.2) is 0 Å². The van der Waals surface area contributed by atoms with Gasteiger partial charge in [-0.05, 0) is 12.1 Å². The lowest BCUT2D eigenvalue weighted by Crippen LogP contribution is -2.21. The van der Waals surface area contributed by atoms with Crippen LogP contribution < -0.4 is 5.32 Å². The fourth-order valence-electron chi connectivity index (χ4n) is 1.43. The van der Waals surface area contributed by atoms with Crippen LogP contribution >= 0.6 is 23.2 Å². The summed E-state index contributed by atoms with van der Waals surface area (Å²) >= 11 is 10.5. The topological polar surface area (TPSA) is 32.3 Å². The van der Waals surface area contributed by atoms with E-state index in [1.807, 2.05) is 0 Å². The Bertz CT molecular complexity index is 467. The van der Waals surface area contributed by atoms with E-state index < -0.39 is 40.3 Å². The number of halogens is 8. The molecular formula is C11H9Cl2F6NO. The Balaban J connectivity index is 3.27. The number of rotatable bonds is 4. The van der Waals surface area contributed by atoms with Gasteiger partial charge in [-0.25, -0.2) is 0 Å². The smallest absolute Gasteiger partial charge is 0.390 e. The molecule has 1 unspecified atom stereocenters. The van der Waals surface area contributed by atoms with Crippen molar-refractivity contribution in [3.05, 3.63) is 28.3 Å². The van der Waals surface area contributed by atoms with Gasteiger partial charge in [0.25, 0.3) is 0 Å². The van der Waals surface area contributed by atoms with Crippen molar-refractivity contribution in [2.24, 2.45) is 0 Å². The molecule has 0 bridgehead atoms. The van der Waals surface area contributed by atoms with Gasteiger partial charge < -0.3 is 10.4 Å². The lowest BCUT2D eigenvalue weighted by molar-refractivity contribution is -0.142. The molecule has 0 spiro atoms. The maximum atomic E-state index is 12.7. The molecule has 0 saturated heterocycles. The van der Waals surface area contributed by atoms with Gasteiger partial charge >= 0.3 is 12.4 Å². The molecule has 0 aliphatic carbocycles. The average molecular weight is 356 g/mol. The van der Waals surface area contributed by atoms with Crippen molar-refractivity contribution in [2.75, 3.05) is 17.7 Å². The molecular weight excluding hydrogens is 347 g/mol. The minimum atomic E-state index is -5.04. The third-order valence-corrected chi connectivity index (χ3v) is 3.17.